The number of anilines is 4. The van der Waals surface area contributed by atoms with Crippen LogP contribution in [0.3, 0.4) is 0 Å². The Kier molecular flexibility index (Phi) is 6.29. The summed E-state index contributed by atoms with van der Waals surface area (Å²) in [5, 5.41) is 15.0. The van der Waals surface area contributed by atoms with E-state index in [9.17, 15) is 14.5 Å². The molecular formula is C22H23FN6O3. The Balaban J connectivity index is 1.56. The number of nitro groups is 1. The van der Waals surface area contributed by atoms with Gasteiger partial charge in [-0.25, -0.2) is 14.4 Å². The summed E-state index contributed by atoms with van der Waals surface area (Å²) in [6, 6.07) is 13.5. The summed E-state index contributed by atoms with van der Waals surface area (Å²) in [6.07, 6.45) is 1.32. The summed E-state index contributed by atoms with van der Waals surface area (Å²) in [4.78, 5) is 23.9. The summed E-state index contributed by atoms with van der Waals surface area (Å²) in [6.45, 7) is 4.65. The summed E-state index contributed by atoms with van der Waals surface area (Å²) >= 11 is 0. The highest BCUT2D eigenvalue weighted by atomic mass is 19.1. The molecule has 1 aliphatic heterocycles. The minimum Gasteiger partial charge on any atom is -0.492 e. The van der Waals surface area contributed by atoms with Gasteiger partial charge in [0.1, 0.15) is 17.9 Å². The molecule has 32 heavy (non-hydrogen) atoms. The quantitative estimate of drug-likeness (QED) is 0.437. The Morgan fingerprint density at radius 3 is 2.44 bits per heavy atom. The van der Waals surface area contributed by atoms with Crippen LogP contribution in [0.4, 0.5) is 33.1 Å². The van der Waals surface area contributed by atoms with Crippen molar-refractivity contribution in [3.8, 4) is 5.75 Å². The molecule has 10 heteroatoms. The van der Waals surface area contributed by atoms with Gasteiger partial charge in [-0.15, -0.1) is 0 Å². The van der Waals surface area contributed by atoms with Crippen molar-refractivity contribution in [3.63, 3.8) is 0 Å². The number of para-hydroxylation sites is 2. The maximum absolute atomic E-state index is 13.2. The van der Waals surface area contributed by atoms with Crippen LogP contribution in [-0.4, -0.2) is 47.7 Å². The van der Waals surface area contributed by atoms with Crippen LogP contribution in [0.1, 0.15) is 6.92 Å². The van der Waals surface area contributed by atoms with Gasteiger partial charge in [-0.05, 0) is 43.3 Å². The highest BCUT2D eigenvalue weighted by molar-refractivity contribution is 5.76. The minimum atomic E-state index is -0.465. The third-order valence-corrected chi connectivity index (χ3v) is 5.20. The fourth-order valence-electron chi connectivity index (χ4n) is 3.67. The first kappa shape index (κ1) is 21.3. The first-order valence-electron chi connectivity index (χ1n) is 10.3. The smallest absolute Gasteiger partial charge is 0.353 e. The van der Waals surface area contributed by atoms with Crippen LogP contribution in [0.5, 0.6) is 5.75 Å². The lowest BCUT2D eigenvalue weighted by atomic mass is 10.2. The van der Waals surface area contributed by atoms with E-state index in [2.05, 4.69) is 20.2 Å². The van der Waals surface area contributed by atoms with Gasteiger partial charge in [0.2, 0.25) is 11.6 Å². The number of aromatic nitrogens is 2. The van der Waals surface area contributed by atoms with Crippen molar-refractivity contribution in [3.05, 3.63) is 70.8 Å². The van der Waals surface area contributed by atoms with Crippen molar-refractivity contribution in [2.45, 2.75) is 6.92 Å². The van der Waals surface area contributed by atoms with Crippen LogP contribution in [0.2, 0.25) is 0 Å². The number of rotatable bonds is 7. The maximum Gasteiger partial charge on any atom is 0.353 e. The highest BCUT2D eigenvalue weighted by Gasteiger charge is 2.29. The lowest BCUT2D eigenvalue weighted by Gasteiger charge is -2.36. The molecule has 4 rings (SSSR count). The minimum absolute atomic E-state index is 0.105. The molecule has 0 amide bonds. The van der Waals surface area contributed by atoms with Crippen molar-refractivity contribution in [1.82, 2.24) is 9.97 Å². The molecule has 1 saturated heterocycles. The maximum atomic E-state index is 13.2. The van der Waals surface area contributed by atoms with E-state index in [0.29, 0.717) is 44.2 Å². The second kappa shape index (κ2) is 9.46. The SMILES string of the molecule is CCOc1ccccc1Nc1ncnc(N2CCN(c3ccc(F)cc3)CC2)c1[N+](=O)[O-]. The molecule has 0 spiro atoms. The molecule has 0 aliphatic carbocycles. The van der Waals surface area contributed by atoms with Gasteiger partial charge in [-0.3, -0.25) is 10.1 Å². The first-order valence-corrected chi connectivity index (χ1v) is 10.3. The standard InChI is InChI=1S/C22H23FN6O3/c1-2-32-19-6-4-3-5-18(19)26-21-20(29(30)31)22(25-15-24-21)28-13-11-27(12-14-28)17-9-7-16(23)8-10-17/h3-10,15H,2,11-14H2,1H3,(H,24,25,26). The van der Waals surface area contributed by atoms with Gasteiger partial charge in [-0.2, -0.15) is 0 Å². The summed E-state index contributed by atoms with van der Waals surface area (Å²) in [5.74, 6) is 0.667. The predicted octanol–water partition coefficient (Wildman–Crippen LogP) is 3.99. The number of ether oxygens (including phenoxy) is 1. The molecule has 1 aromatic heterocycles. The van der Waals surface area contributed by atoms with Crippen molar-refractivity contribution in [1.29, 1.82) is 0 Å². The van der Waals surface area contributed by atoms with E-state index in [1.54, 1.807) is 24.3 Å². The summed E-state index contributed by atoms with van der Waals surface area (Å²) in [5.41, 5.74) is 1.32. The highest BCUT2D eigenvalue weighted by Crippen LogP contribution is 2.36. The topological polar surface area (TPSA) is 96.7 Å². The summed E-state index contributed by atoms with van der Waals surface area (Å²) < 4.78 is 18.8. The van der Waals surface area contributed by atoms with E-state index in [4.69, 9.17) is 4.74 Å². The zero-order valence-electron chi connectivity index (χ0n) is 17.6. The molecular weight excluding hydrogens is 415 g/mol. The van der Waals surface area contributed by atoms with Gasteiger partial charge >= 0.3 is 5.69 Å². The van der Waals surface area contributed by atoms with E-state index < -0.39 is 4.92 Å². The average molecular weight is 438 g/mol. The lowest BCUT2D eigenvalue weighted by molar-refractivity contribution is -0.383. The van der Waals surface area contributed by atoms with Crippen LogP contribution in [0.25, 0.3) is 0 Å². The Hall–Kier alpha value is -3.95. The number of piperazine rings is 1. The van der Waals surface area contributed by atoms with Gasteiger partial charge in [0, 0.05) is 31.9 Å². The predicted molar refractivity (Wildman–Crippen MR) is 120 cm³/mol. The summed E-state index contributed by atoms with van der Waals surface area (Å²) in [7, 11) is 0. The molecule has 0 unspecified atom stereocenters. The Bertz CT molecular complexity index is 1090. The molecule has 0 radical (unpaired) electrons. The van der Waals surface area contributed by atoms with Crippen LogP contribution in [0, 0.1) is 15.9 Å². The molecule has 2 heterocycles. The van der Waals surface area contributed by atoms with Gasteiger partial charge < -0.3 is 19.9 Å². The Morgan fingerprint density at radius 2 is 1.75 bits per heavy atom. The van der Waals surface area contributed by atoms with Crippen molar-refractivity contribution < 1.29 is 14.1 Å². The first-order chi connectivity index (χ1) is 15.6. The number of benzene rings is 2. The van der Waals surface area contributed by atoms with E-state index in [-0.39, 0.29) is 23.1 Å². The molecule has 0 saturated carbocycles. The van der Waals surface area contributed by atoms with Gasteiger partial charge in [0.05, 0.1) is 17.2 Å². The zero-order valence-corrected chi connectivity index (χ0v) is 17.6. The molecule has 0 bridgehead atoms. The number of hydrogen-bond donors (Lipinski definition) is 1. The third-order valence-electron chi connectivity index (χ3n) is 5.20. The van der Waals surface area contributed by atoms with E-state index in [1.807, 2.05) is 24.0 Å². The van der Waals surface area contributed by atoms with E-state index in [1.165, 1.54) is 18.5 Å². The van der Waals surface area contributed by atoms with Crippen LogP contribution < -0.4 is 19.9 Å². The normalized spacial score (nSPS) is 13.7. The molecule has 1 aliphatic rings. The third kappa shape index (κ3) is 4.53. The lowest BCUT2D eigenvalue weighted by Crippen LogP contribution is -2.47. The van der Waals surface area contributed by atoms with E-state index in [0.717, 1.165) is 5.69 Å². The molecule has 166 valence electrons. The van der Waals surface area contributed by atoms with Crippen molar-refractivity contribution in [2.24, 2.45) is 0 Å². The Labute approximate surface area is 184 Å². The zero-order chi connectivity index (χ0) is 22.5. The van der Waals surface area contributed by atoms with Crippen molar-refractivity contribution in [2.75, 3.05) is 47.9 Å². The molecule has 3 aromatic rings. The number of halogens is 1. The second-order valence-corrected chi connectivity index (χ2v) is 7.16. The van der Waals surface area contributed by atoms with Crippen LogP contribution >= 0.6 is 0 Å². The monoisotopic (exact) mass is 438 g/mol. The van der Waals surface area contributed by atoms with Gasteiger partial charge in [0.25, 0.3) is 0 Å². The van der Waals surface area contributed by atoms with E-state index >= 15 is 0 Å². The molecule has 9 nitrogen and oxygen atoms in total. The fraction of sp³-hybridized carbons (Fsp3) is 0.273. The van der Waals surface area contributed by atoms with Gasteiger partial charge in [-0.1, -0.05) is 12.1 Å². The van der Waals surface area contributed by atoms with Crippen LogP contribution in [-0.2, 0) is 0 Å². The second-order valence-electron chi connectivity index (χ2n) is 7.16. The average Bonchev–Trinajstić information content (AvgIpc) is 2.81. The molecule has 2 aromatic carbocycles. The van der Waals surface area contributed by atoms with Gasteiger partial charge in [0.15, 0.2) is 0 Å². The molecule has 1 N–H and O–H groups in total. The Morgan fingerprint density at radius 1 is 1.06 bits per heavy atom. The largest absolute Gasteiger partial charge is 0.492 e. The van der Waals surface area contributed by atoms with Crippen LogP contribution in [0.15, 0.2) is 54.9 Å². The number of hydrogen-bond acceptors (Lipinski definition) is 8. The van der Waals surface area contributed by atoms with Crippen molar-refractivity contribution >= 4 is 28.7 Å². The fourth-order valence-corrected chi connectivity index (χ4v) is 3.67. The molecule has 0 atom stereocenters. The number of nitrogens with zero attached hydrogens (tertiary/aromatic N) is 5. The molecule has 1 fully saturated rings. The number of nitrogens with one attached hydrogen (secondary N) is 1.